The molecule has 0 spiro atoms. The maximum Gasteiger partial charge on any atom is 0.159 e. The van der Waals surface area contributed by atoms with Crippen LogP contribution in [0.1, 0.15) is 18.4 Å². The summed E-state index contributed by atoms with van der Waals surface area (Å²) < 4.78 is 26.1. The summed E-state index contributed by atoms with van der Waals surface area (Å²) in [5.74, 6) is -1.05. The van der Waals surface area contributed by atoms with Crippen molar-refractivity contribution in [3.8, 4) is 0 Å². The van der Waals surface area contributed by atoms with E-state index in [0.29, 0.717) is 12.5 Å². The van der Waals surface area contributed by atoms with Crippen molar-refractivity contribution >= 4 is 0 Å². The molecule has 1 aromatic carbocycles. The lowest BCUT2D eigenvalue weighted by Crippen LogP contribution is -2.48. The summed E-state index contributed by atoms with van der Waals surface area (Å²) in [6, 6.07) is 4.10. The first-order valence-corrected chi connectivity index (χ1v) is 7.68. The predicted molar refractivity (Wildman–Crippen MR) is 76.8 cm³/mol. The van der Waals surface area contributed by atoms with Crippen LogP contribution < -0.4 is 0 Å². The highest BCUT2D eigenvalue weighted by Gasteiger charge is 2.31. The molecule has 1 saturated heterocycles. The van der Waals surface area contributed by atoms with E-state index in [4.69, 9.17) is 0 Å². The highest BCUT2D eigenvalue weighted by molar-refractivity contribution is 5.17. The first-order chi connectivity index (χ1) is 10.1. The number of hydrogen-bond donors (Lipinski definition) is 1. The van der Waals surface area contributed by atoms with E-state index in [-0.39, 0.29) is 6.10 Å². The van der Waals surface area contributed by atoms with Crippen molar-refractivity contribution in [1.82, 2.24) is 9.80 Å². The first kappa shape index (κ1) is 14.9. The average Bonchev–Trinajstić information content (AvgIpc) is 3.30. The van der Waals surface area contributed by atoms with Crippen LogP contribution in [0.3, 0.4) is 0 Å². The van der Waals surface area contributed by atoms with Gasteiger partial charge in [0.2, 0.25) is 0 Å². The number of piperazine rings is 1. The highest BCUT2D eigenvalue weighted by atomic mass is 19.2. The zero-order valence-electron chi connectivity index (χ0n) is 12.1. The summed E-state index contributed by atoms with van der Waals surface area (Å²) in [5.41, 5.74) is 0.806. The summed E-state index contributed by atoms with van der Waals surface area (Å²) in [6.45, 7) is 5.06. The third-order valence-corrected chi connectivity index (χ3v) is 4.47. The molecule has 1 aromatic rings. The zero-order chi connectivity index (χ0) is 14.8. The average molecular weight is 296 g/mol. The molecule has 0 unspecified atom stereocenters. The summed E-state index contributed by atoms with van der Waals surface area (Å²) in [7, 11) is 0. The third-order valence-electron chi connectivity index (χ3n) is 4.47. The smallest absolute Gasteiger partial charge is 0.159 e. The lowest BCUT2D eigenvalue weighted by Gasteiger charge is -2.35. The molecule has 5 heteroatoms. The molecular weight excluding hydrogens is 274 g/mol. The monoisotopic (exact) mass is 296 g/mol. The minimum atomic E-state index is -0.794. The molecule has 2 fully saturated rings. The molecular formula is C16H22F2N2O. The second kappa shape index (κ2) is 6.38. The lowest BCUT2D eigenvalue weighted by atomic mass is 10.1. The fourth-order valence-electron chi connectivity index (χ4n) is 2.92. The van der Waals surface area contributed by atoms with E-state index in [9.17, 15) is 13.9 Å². The SMILES string of the molecule is O[C@@H](CN1CCN(Cc2ccc(F)c(F)c2)CC1)C1CC1. The van der Waals surface area contributed by atoms with E-state index in [2.05, 4.69) is 9.80 Å². The van der Waals surface area contributed by atoms with Gasteiger partial charge in [-0.1, -0.05) is 6.07 Å². The number of halogens is 2. The Labute approximate surface area is 124 Å². The summed E-state index contributed by atoms with van der Waals surface area (Å²) in [5, 5.41) is 9.97. The van der Waals surface area contributed by atoms with Crippen molar-refractivity contribution in [2.24, 2.45) is 5.92 Å². The summed E-state index contributed by atoms with van der Waals surface area (Å²) in [4.78, 5) is 4.54. The fourth-order valence-corrected chi connectivity index (χ4v) is 2.92. The van der Waals surface area contributed by atoms with Gasteiger partial charge in [-0.05, 0) is 36.5 Å². The van der Waals surface area contributed by atoms with Gasteiger partial charge in [-0.15, -0.1) is 0 Å². The molecule has 1 atom stereocenters. The Morgan fingerprint density at radius 2 is 1.71 bits per heavy atom. The van der Waals surface area contributed by atoms with Gasteiger partial charge >= 0.3 is 0 Å². The quantitative estimate of drug-likeness (QED) is 0.898. The van der Waals surface area contributed by atoms with Gasteiger partial charge in [-0.25, -0.2) is 8.78 Å². The molecule has 0 bridgehead atoms. The topological polar surface area (TPSA) is 26.7 Å². The van der Waals surface area contributed by atoms with Crippen molar-refractivity contribution in [2.45, 2.75) is 25.5 Å². The Kier molecular flexibility index (Phi) is 4.52. The molecule has 2 aliphatic rings. The van der Waals surface area contributed by atoms with Gasteiger partial charge in [0.05, 0.1) is 6.10 Å². The largest absolute Gasteiger partial charge is 0.392 e. The summed E-state index contributed by atoms with van der Waals surface area (Å²) >= 11 is 0. The van der Waals surface area contributed by atoms with E-state index < -0.39 is 11.6 Å². The highest BCUT2D eigenvalue weighted by Crippen LogP contribution is 2.32. The molecule has 0 aromatic heterocycles. The second-order valence-corrected chi connectivity index (χ2v) is 6.23. The number of aliphatic hydroxyl groups excluding tert-OH is 1. The fraction of sp³-hybridized carbons (Fsp3) is 0.625. The van der Waals surface area contributed by atoms with E-state index in [1.54, 1.807) is 6.07 Å². The first-order valence-electron chi connectivity index (χ1n) is 7.68. The van der Waals surface area contributed by atoms with Crippen LogP contribution in [-0.4, -0.2) is 53.7 Å². The van der Waals surface area contributed by atoms with Crippen molar-refractivity contribution in [3.05, 3.63) is 35.4 Å². The lowest BCUT2D eigenvalue weighted by molar-refractivity contribution is 0.0601. The predicted octanol–water partition coefficient (Wildman–Crippen LogP) is 1.85. The molecule has 3 nitrogen and oxygen atoms in total. The van der Waals surface area contributed by atoms with Gasteiger partial charge in [-0.2, -0.15) is 0 Å². The zero-order valence-corrected chi connectivity index (χ0v) is 12.1. The minimum absolute atomic E-state index is 0.178. The van der Waals surface area contributed by atoms with Gasteiger partial charge in [0.1, 0.15) is 0 Å². The number of β-amino-alcohol motifs (C(OH)–C–C–N with tert-alkyl or cyclic N) is 1. The Bertz CT molecular complexity index is 485. The molecule has 1 aliphatic carbocycles. The maximum absolute atomic E-state index is 13.2. The molecule has 1 N–H and O–H groups in total. The van der Waals surface area contributed by atoms with Gasteiger partial charge < -0.3 is 5.11 Å². The Morgan fingerprint density at radius 3 is 2.33 bits per heavy atom. The van der Waals surface area contributed by atoms with E-state index in [1.165, 1.54) is 12.1 Å². The van der Waals surface area contributed by atoms with Gasteiger partial charge in [-0.3, -0.25) is 9.80 Å². The molecule has 21 heavy (non-hydrogen) atoms. The van der Waals surface area contributed by atoms with Gasteiger partial charge in [0, 0.05) is 39.3 Å². The number of rotatable bonds is 5. The van der Waals surface area contributed by atoms with Crippen LogP contribution in [0.25, 0.3) is 0 Å². The maximum atomic E-state index is 13.2. The van der Waals surface area contributed by atoms with Crippen LogP contribution in [-0.2, 0) is 6.54 Å². The third kappa shape index (κ3) is 3.99. The van der Waals surface area contributed by atoms with Gasteiger partial charge in [0.15, 0.2) is 11.6 Å². The molecule has 1 saturated carbocycles. The van der Waals surface area contributed by atoms with Crippen LogP contribution in [0.4, 0.5) is 8.78 Å². The molecule has 116 valence electrons. The number of nitrogens with zero attached hydrogens (tertiary/aromatic N) is 2. The molecule has 3 rings (SSSR count). The van der Waals surface area contributed by atoms with Crippen LogP contribution in [0.15, 0.2) is 18.2 Å². The normalized spacial score (nSPS) is 22.4. The minimum Gasteiger partial charge on any atom is -0.392 e. The Balaban J connectivity index is 1.45. The van der Waals surface area contributed by atoms with Crippen molar-refractivity contribution in [2.75, 3.05) is 32.7 Å². The Hall–Kier alpha value is -1.04. The molecule has 1 aliphatic heterocycles. The number of benzene rings is 1. The van der Waals surface area contributed by atoms with Crippen LogP contribution in [0.5, 0.6) is 0 Å². The van der Waals surface area contributed by atoms with Crippen LogP contribution in [0.2, 0.25) is 0 Å². The number of hydrogen-bond acceptors (Lipinski definition) is 3. The van der Waals surface area contributed by atoms with Crippen molar-refractivity contribution < 1.29 is 13.9 Å². The summed E-state index contributed by atoms with van der Waals surface area (Å²) in [6.07, 6.45) is 2.15. The number of aliphatic hydroxyl groups is 1. The standard InChI is InChI=1S/C16H22F2N2O/c17-14-4-1-12(9-15(14)18)10-19-5-7-20(8-6-19)11-16(21)13-2-3-13/h1,4,9,13,16,21H,2-3,5-8,10-11H2/t16-/m0/s1. The van der Waals surface area contributed by atoms with E-state index in [0.717, 1.165) is 51.1 Å². The Morgan fingerprint density at radius 1 is 1.05 bits per heavy atom. The molecule has 1 heterocycles. The van der Waals surface area contributed by atoms with Crippen molar-refractivity contribution in [1.29, 1.82) is 0 Å². The van der Waals surface area contributed by atoms with Crippen LogP contribution >= 0.6 is 0 Å². The van der Waals surface area contributed by atoms with E-state index >= 15 is 0 Å². The second-order valence-electron chi connectivity index (χ2n) is 6.23. The van der Waals surface area contributed by atoms with E-state index in [1.807, 2.05) is 0 Å². The van der Waals surface area contributed by atoms with Crippen molar-refractivity contribution in [3.63, 3.8) is 0 Å². The molecule has 0 amide bonds. The van der Waals surface area contributed by atoms with Gasteiger partial charge in [0.25, 0.3) is 0 Å². The van der Waals surface area contributed by atoms with Crippen LogP contribution in [0, 0.1) is 17.6 Å². The molecule has 0 radical (unpaired) electrons.